The van der Waals surface area contributed by atoms with Gasteiger partial charge in [-0.1, -0.05) is 12.1 Å². The normalized spacial score (nSPS) is 10.3. The number of methoxy groups -OCH3 is 2. The largest absolute Gasteiger partial charge is 0.481 e. The molecule has 0 bridgehead atoms. The molecule has 0 aliphatic carbocycles. The molecule has 1 aromatic carbocycles. The zero-order valence-electron chi connectivity index (χ0n) is 11.2. The van der Waals surface area contributed by atoms with Crippen molar-refractivity contribution < 1.29 is 14.3 Å². The molecule has 2 rings (SSSR count). The SMILES string of the molecule is COC(=O)c1ccc(Cn2nc(C)cc2OC)cc1. The van der Waals surface area contributed by atoms with Crippen LogP contribution < -0.4 is 4.74 Å². The average molecular weight is 260 g/mol. The molecule has 0 saturated carbocycles. The lowest BCUT2D eigenvalue weighted by molar-refractivity contribution is 0.0600. The lowest BCUT2D eigenvalue weighted by Crippen LogP contribution is -2.05. The predicted molar refractivity (Wildman–Crippen MR) is 70.4 cm³/mol. The average Bonchev–Trinajstić information content (AvgIpc) is 2.78. The molecule has 19 heavy (non-hydrogen) atoms. The minimum Gasteiger partial charge on any atom is -0.481 e. The highest BCUT2D eigenvalue weighted by molar-refractivity contribution is 5.89. The van der Waals surface area contributed by atoms with E-state index >= 15 is 0 Å². The number of carbonyl (C=O) groups is 1. The Morgan fingerprint density at radius 1 is 1.26 bits per heavy atom. The van der Waals surface area contributed by atoms with Crippen molar-refractivity contribution in [2.24, 2.45) is 0 Å². The van der Waals surface area contributed by atoms with Crippen LogP contribution in [0.5, 0.6) is 5.88 Å². The number of carbonyl (C=O) groups excluding carboxylic acids is 1. The first-order valence-corrected chi connectivity index (χ1v) is 5.89. The van der Waals surface area contributed by atoms with Gasteiger partial charge in [0.05, 0.1) is 32.0 Å². The third-order valence-electron chi connectivity index (χ3n) is 2.78. The van der Waals surface area contributed by atoms with Gasteiger partial charge in [0, 0.05) is 6.07 Å². The molecular formula is C14H16N2O3. The zero-order valence-corrected chi connectivity index (χ0v) is 11.2. The topological polar surface area (TPSA) is 53.4 Å². The number of nitrogens with zero attached hydrogens (tertiary/aromatic N) is 2. The summed E-state index contributed by atoms with van der Waals surface area (Å²) in [5.41, 5.74) is 2.48. The van der Waals surface area contributed by atoms with Crippen LogP contribution in [0.25, 0.3) is 0 Å². The Kier molecular flexibility index (Phi) is 3.85. The van der Waals surface area contributed by atoms with Gasteiger partial charge >= 0.3 is 5.97 Å². The molecule has 1 heterocycles. The number of benzene rings is 1. The summed E-state index contributed by atoms with van der Waals surface area (Å²) >= 11 is 0. The third-order valence-corrected chi connectivity index (χ3v) is 2.78. The highest BCUT2D eigenvalue weighted by Gasteiger charge is 2.08. The van der Waals surface area contributed by atoms with Gasteiger partial charge in [0.25, 0.3) is 0 Å². The minimum atomic E-state index is -0.334. The molecule has 1 aromatic heterocycles. The number of hydrogen-bond donors (Lipinski definition) is 0. The Balaban J connectivity index is 2.17. The maximum atomic E-state index is 11.3. The molecule has 0 aliphatic rings. The second-order valence-corrected chi connectivity index (χ2v) is 4.17. The summed E-state index contributed by atoms with van der Waals surface area (Å²) in [6.07, 6.45) is 0. The molecule has 100 valence electrons. The number of ether oxygens (including phenoxy) is 2. The monoisotopic (exact) mass is 260 g/mol. The summed E-state index contributed by atoms with van der Waals surface area (Å²) in [7, 11) is 2.99. The van der Waals surface area contributed by atoms with Crippen molar-refractivity contribution >= 4 is 5.97 Å². The van der Waals surface area contributed by atoms with Crippen molar-refractivity contribution in [3.8, 4) is 5.88 Å². The van der Waals surface area contributed by atoms with Gasteiger partial charge in [-0.15, -0.1) is 0 Å². The zero-order chi connectivity index (χ0) is 13.8. The molecule has 5 heteroatoms. The molecule has 0 radical (unpaired) electrons. The summed E-state index contributed by atoms with van der Waals surface area (Å²) in [4.78, 5) is 11.3. The summed E-state index contributed by atoms with van der Waals surface area (Å²) < 4.78 is 11.7. The summed E-state index contributed by atoms with van der Waals surface area (Å²) in [5.74, 6) is 0.383. The van der Waals surface area contributed by atoms with E-state index in [0.29, 0.717) is 12.1 Å². The second kappa shape index (κ2) is 5.56. The van der Waals surface area contributed by atoms with Gasteiger partial charge in [0.15, 0.2) is 0 Å². The van der Waals surface area contributed by atoms with Gasteiger partial charge in [-0.25, -0.2) is 9.48 Å². The first kappa shape index (κ1) is 13.1. The fourth-order valence-electron chi connectivity index (χ4n) is 1.84. The number of aryl methyl sites for hydroxylation is 1. The Labute approximate surface area is 111 Å². The summed E-state index contributed by atoms with van der Waals surface area (Å²) in [6, 6.07) is 9.11. The van der Waals surface area contributed by atoms with Crippen LogP contribution in [0.2, 0.25) is 0 Å². The number of hydrogen-bond acceptors (Lipinski definition) is 4. The summed E-state index contributed by atoms with van der Waals surface area (Å²) in [5, 5.41) is 4.35. The van der Waals surface area contributed by atoms with Crippen LogP contribution in [-0.2, 0) is 11.3 Å². The fraction of sp³-hybridized carbons (Fsp3) is 0.286. The van der Waals surface area contributed by atoms with E-state index in [9.17, 15) is 4.79 Å². The predicted octanol–water partition coefficient (Wildman–Crippen LogP) is 2.04. The molecule has 0 amide bonds. The van der Waals surface area contributed by atoms with Crippen molar-refractivity contribution in [1.29, 1.82) is 0 Å². The number of esters is 1. The van der Waals surface area contributed by atoms with Gasteiger partial charge in [-0.2, -0.15) is 5.10 Å². The quantitative estimate of drug-likeness (QED) is 0.789. The maximum absolute atomic E-state index is 11.3. The summed E-state index contributed by atoms with van der Waals surface area (Å²) in [6.45, 7) is 2.51. The lowest BCUT2D eigenvalue weighted by Gasteiger charge is -2.06. The molecule has 0 unspecified atom stereocenters. The van der Waals surface area contributed by atoms with E-state index in [-0.39, 0.29) is 5.97 Å². The molecule has 0 atom stereocenters. The molecule has 2 aromatic rings. The molecule has 5 nitrogen and oxygen atoms in total. The van der Waals surface area contributed by atoms with Crippen molar-refractivity contribution in [3.05, 3.63) is 47.2 Å². The van der Waals surface area contributed by atoms with Crippen LogP contribution in [0.1, 0.15) is 21.6 Å². The van der Waals surface area contributed by atoms with Crippen LogP contribution in [0.3, 0.4) is 0 Å². The van der Waals surface area contributed by atoms with E-state index in [2.05, 4.69) is 9.84 Å². The van der Waals surface area contributed by atoms with Crippen molar-refractivity contribution in [2.45, 2.75) is 13.5 Å². The van der Waals surface area contributed by atoms with E-state index in [1.807, 2.05) is 25.1 Å². The van der Waals surface area contributed by atoms with Crippen molar-refractivity contribution in [2.75, 3.05) is 14.2 Å². The first-order chi connectivity index (χ1) is 9.13. The van der Waals surface area contributed by atoms with E-state index in [1.54, 1.807) is 23.9 Å². The molecule has 0 spiro atoms. The lowest BCUT2D eigenvalue weighted by atomic mass is 10.1. The van der Waals surface area contributed by atoms with Gasteiger partial charge in [0.2, 0.25) is 5.88 Å². The molecular weight excluding hydrogens is 244 g/mol. The molecule has 0 N–H and O–H groups in total. The van der Waals surface area contributed by atoms with Crippen LogP contribution in [0.4, 0.5) is 0 Å². The minimum absolute atomic E-state index is 0.334. The van der Waals surface area contributed by atoms with Crippen LogP contribution in [0.15, 0.2) is 30.3 Å². The van der Waals surface area contributed by atoms with E-state index in [4.69, 9.17) is 4.74 Å². The van der Waals surface area contributed by atoms with Gasteiger partial charge < -0.3 is 9.47 Å². The number of aromatic nitrogens is 2. The molecule has 0 aliphatic heterocycles. The van der Waals surface area contributed by atoms with Crippen LogP contribution in [0, 0.1) is 6.92 Å². The maximum Gasteiger partial charge on any atom is 0.337 e. The number of rotatable bonds is 4. The highest BCUT2D eigenvalue weighted by atomic mass is 16.5. The van der Waals surface area contributed by atoms with E-state index < -0.39 is 0 Å². The van der Waals surface area contributed by atoms with Gasteiger partial charge in [-0.05, 0) is 24.6 Å². The van der Waals surface area contributed by atoms with E-state index in [0.717, 1.165) is 17.1 Å². The third kappa shape index (κ3) is 2.93. The molecule has 0 fully saturated rings. The Hall–Kier alpha value is -2.30. The van der Waals surface area contributed by atoms with Crippen LogP contribution in [-0.4, -0.2) is 30.0 Å². The standard InChI is InChI=1S/C14H16N2O3/c1-10-8-13(18-2)16(15-10)9-11-4-6-12(7-5-11)14(17)19-3/h4-8H,9H2,1-3H3. The Morgan fingerprint density at radius 2 is 1.95 bits per heavy atom. The fourth-order valence-corrected chi connectivity index (χ4v) is 1.84. The Bertz CT molecular complexity index is 573. The van der Waals surface area contributed by atoms with E-state index in [1.165, 1.54) is 7.11 Å². The smallest absolute Gasteiger partial charge is 0.337 e. The van der Waals surface area contributed by atoms with Crippen LogP contribution >= 0.6 is 0 Å². The Morgan fingerprint density at radius 3 is 2.53 bits per heavy atom. The van der Waals surface area contributed by atoms with Crippen molar-refractivity contribution in [1.82, 2.24) is 9.78 Å². The second-order valence-electron chi connectivity index (χ2n) is 4.17. The first-order valence-electron chi connectivity index (χ1n) is 5.89. The highest BCUT2D eigenvalue weighted by Crippen LogP contribution is 2.15. The van der Waals surface area contributed by atoms with Gasteiger partial charge in [0.1, 0.15) is 0 Å². The molecule has 0 saturated heterocycles. The van der Waals surface area contributed by atoms with Crippen molar-refractivity contribution in [3.63, 3.8) is 0 Å². The van der Waals surface area contributed by atoms with Gasteiger partial charge in [-0.3, -0.25) is 0 Å².